The molecule has 0 radical (unpaired) electrons. The number of carbonyl (C=O) groups excluding carboxylic acids is 1. The molecular formula is C11H10FN5O4S. The molecule has 1 saturated heterocycles. The van der Waals surface area contributed by atoms with E-state index in [2.05, 4.69) is 15.3 Å². The van der Waals surface area contributed by atoms with Crippen molar-refractivity contribution in [2.45, 2.75) is 0 Å². The second-order valence-electron chi connectivity index (χ2n) is 4.47. The van der Waals surface area contributed by atoms with Crippen LogP contribution in [0.5, 0.6) is 5.75 Å². The van der Waals surface area contributed by atoms with Crippen LogP contribution in [-0.2, 0) is 15.0 Å². The van der Waals surface area contributed by atoms with E-state index in [0.29, 0.717) is 4.31 Å². The minimum atomic E-state index is -4.25. The number of phenols is 1. The molecule has 0 aliphatic carbocycles. The summed E-state index contributed by atoms with van der Waals surface area (Å²) in [4.78, 5) is 19.1. The number of halogens is 1. The Morgan fingerprint density at radius 3 is 2.82 bits per heavy atom. The molecule has 9 nitrogen and oxygen atoms in total. The highest BCUT2D eigenvalue weighted by molar-refractivity contribution is 7.92. The zero-order chi connectivity index (χ0) is 16.1. The molecule has 22 heavy (non-hydrogen) atoms. The van der Waals surface area contributed by atoms with Gasteiger partial charge in [0.05, 0.1) is 11.7 Å². The first-order valence-electron chi connectivity index (χ1n) is 6.03. The van der Waals surface area contributed by atoms with E-state index in [-0.39, 0.29) is 16.9 Å². The normalized spacial score (nSPS) is 16.8. The van der Waals surface area contributed by atoms with Crippen LogP contribution >= 0.6 is 0 Å². The molecule has 1 aliphatic rings. The smallest absolute Gasteiger partial charge is 0.326 e. The summed E-state index contributed by atoms with van der Waals surface area (Å²) in [5.74, 6) is -2.30. The number of amides is 1. The summed E-state index contributed by atoms with van der Waals surface area (Å²) in [6.07, 6.45) is 1.33. The molecule has 2 aromatic rings. The molecule has 116 valence electrons. The fourth-order valence-electron chi connectivity index (χ4n) is 2.09. The standard InChI is InChI=1S/C11H10FN5O4S/c1-13-7-3-14-5-2-6(18)11(9(12)10(5)15-7)17-4-8(19)16-22(17,20)21/h2-3,18H,4H2,1H3,(H,13,15)(H,16,19). The van der Waals surface area contributed by atoms with Gasteiger partial charge in [0.25, 0.3) is 5.91 Å². The summed E-state index contributed by atoms with van der Waals surface area (Å²) in [5, 5.41) is 12.6. The van der Waals surface area contributed by atoms with E-state index in [9.17, 15) is 22.7 Å². The summed E-state index contributed by atoms with van der Waals surface area (Å²) in [7, 11) is -2.69. The molecule has 0 atom stereocenters. The topological polar surface area (TPSA) is 125 Å². The average molecular weight is 327 g/mol. The molecular weight excluding hydrogens is 317 g/mol. The molecule has 1 aromatic heterocycles. The molecule has 1 aromatic carbocycles. The highest BCUT2D eigenvalue weighted by Gasteiger charge is 2.38. The van der Waals surface area contributed by atoms with E-state index < -0.39 is 39.9 Å². The summed E-state index contributed by atoms with van der Waals surface area (Å²) < 4.78 is 40.4. The number of carbonyl (C=O) groups is 1. The van der Waals surface area contributed by atoms with Crippen molar-refractivity contribution >= 4 is 38.7 Å². The van der Waals surface area contributed by atoms with Gasteiger partial charge in [0.2, 0.25) is 0 Å². The Bertz CT molecular complexity index is 901. The van der Waals surface area contributed by atoms with Crippen molar-refractivity contribution in [3.05, 3.63) is 18.1 Å². The van der Waals surface area contributed by atoms with Crippen LogP contribution in [0.3, 0.4) is 0 Å². The Hall–Kier alpha value is -2.69. The number of anilines is 2. The number of phenolic OH excluding ortho intramolecular Hbond substituents is 1. The highest BCUT2D eigenvalue weighted by atomic mass is 32.2. The molecule has 3 N–H and O–H groups in total. The van der Waals surface area contributed by atoms with Crippen molar-refractivity contribution in [2.24, 2.45) is 0 Å². The van der Waals surface area contributed by atoms with Crippen LogP contribution in [0.15, 0.2) is 12.3 Å². The van der Waals surface area contributed by atoms with Gasteiger partial charge in [0.15, 0.2) is 5.82 Å². The third-order valence-electron chi connectivity index (χ3n) is 3.06. The second kappa shape index (κ2) is 4.66. The number of nitrogens with zero attached hydrogens (tertiary/aromatic N) is 3. The van der Waals surface area contributed by atoms with Gasteiger partial charge in [0.1, 0.15) is 29.3 Å². The highest BCUT2D eigenvalue weighted by Crippen LogP contribution is 2.37. The van der Waals surface area contributed by atoms with Crippen molar-refractivity contribution in [3.8, 4) is 5.75 Å². The Kier molecular flexibility index (Phi) is 3.02. The van der Waals surface area contributed by atoms with Gasteiger partial charge in [-0.1, -0.05) is 0 Å². The number of rotatable bonds is 2. The minimum Gasteiger partial charge on any atom is -0.506 e. The number of hydrogen-bond donors (Lipinski definition) is 3. The fraction of sp³-hybridized carbons (Fsp3) is 0.182. The van der Waals surface area contributed by atoms with Crippen LogP contribution in [0.4, 0.5) is 15.9 Å². The lowest BCUT2D eigenvalue weighted by Gasteiger charge is -2.17. The van der Waals surface area contributed by atoms with Gasteiger partial charge < -0.3 is 10.4 Å². The van der Waals surface area contributed by atoms with Gasteiger partial charge in [-0.2, -0.15) is 8.42 Å². The summed E-state index contributed by atoms with van der Waals surface area (Å²) >= 11 is 0. The number of hydrogen-bond acceptors (Lipinski definition) is 7. The average Bonchev–Trinajstić information content (AvgIpc) is 2.71. The first kappa shape index (κ1) is 14.3. The lowest BCUT2D eigenvalue weighted by atomic mass is 10.2. The third kappa shape index (κ3) is 2.06. The van der Waals surface area contributed by atoms with Gasteiger partial charge in [-0.05, 0) is 0 Å². The van der Waals surface area contributed by atoms with E-state index >= 15 is 0 Å². The second-order valence-corrected chi connectivity index (χ2v) is 6.06. The van der Waals surface area contributed by atoms with E-state index in [1.165, 1.54) is 6.20 Å². The molecule has 1 aliphatic heterocycles. The number of fused-ring (bicyclic) bond motifs is 1. The molecule has 11 heteroatoms. The Morgan fingerprint density at radius 2 is 2.23 bits per heavy atom. The molecule has 1 amide bonds. The molecule has 0 unspecified atom stereocenters. The lowest BCUT2D eigenvalue weighted by Crippen LogP contribution is -2.30. The van der Waals surface area contributed by atoms with Gasteiger partial charge in [0, 0.05) is 13.1 Å². The monoisotopic (exact) mass is 327 g/mol. The van der Waals surface area contributed by atoms with Crippen LogP contribution in [0.25, 0.3) is 11.0 Å². The SMILES string of the molecule is CNc1cnc2cc(O)c(N3CC(=O)NS3(=O)=O)c(F)c2n1. The number of benzene rings is 1. The Labute approximate surface area is 124 Å². The van der Waals surface area contributed by atoms with Gasteiger partial charge >= 0.3 is 10.2 Å². The molecule has 0 spiro atoms. The first-order valence-corrected chi connectivity index (χ1v) is 7.47. The van der Waals surface area contributed by atoms with E-state index in [4.69, 9.17) is 0 Å². The molecule has 3 rings (SSSR count). The molecule has 2 heterocycles. The van der Waals surface area contributed by atoms with Gasteiger partial charge in [-0.15, -0.1) is 0 Å². The van der Waals surface area contributed by atoms with Crippen LogP contribution < -0.4 is 14.3 Å². The fourth-order valence-corrected chi connectivity index (χ4v) is 3.26. The van der Waals surface area contributed by atoms with E-state index in [0.717, 1.165) is 6.07 Å². The van der Waals surface area contributed by atoms with Crippen molar-refractivity contribution in [1.82, 2.24) is 14.7 Å². The maximum Gasteiger partial charge on any atom is 0.326 e. The van der Waals surface area contributed by atoms with Crippen LogP contribution in [-0.4, -0.2) is 43.0 Å². The maximum atomic E-state index is 14.6. The summed E-state index contributed by atoms with van der Waals surface area (Å²) in [6, 6.07) is 1.08. The van der Waals surface area contributed by atoms with Crippen molar-refractivity contribution in [1.29, 1.82) is 0 Å². The maximum absolute atomic E-state index is 14.6. The van der Waals surface area contributed by atoms with Crippen LogP contribution in [0.1, 0.15) is 0 Å². The predicted molar refractivity (Wildman–Crippen MR) is 75.1 cm³/mol. The van der Waals surface area contributed by atoms with E-state index in [1.54, 1.807) is 11.8 Å². The Morgan fingerprint density at radius 1 is 1.50 bits per heavy atom. The number of aromatic hydroxyl groups is 1. The van der Waals surface area contributed by atoms with E-state index in [1.807, 2.05) is 0 Å². The quantitative estimate of drug-likeness (QED) is 0.691. The van der Waals surface area contributed by atoms with Crippen molar-refractivity contribution < 1.29 is 22.7 Å². The molecule has 0 bridgehead atoms. The Balaban J connectivity index is 2.28. The summed E-state index contributed by atoms with van der Waals surface area (Å²) in [5.41, 5.74) is -0.823. The summed E-state index contributed by atoms with van der Waals surface area (Å²) in [6.45, 7) is -0.628. The number of nitrogens with one attached hydrogen (secondary N) is 2. The van der Waals surface area contributed by atoms with Gasteiger partial charge in [-0.3, -0.25) is 9.78 Å². The van der Waals surface area contributed by atoms with Gasteiger partial charge in [-0.25, -0.2) is 18.4 Å². The van der Waals surface area contributed by atoms with Crippen LogP contribution in [0.2, 0.25) is 0 Å². The predicted octanol–water partition coefficient (Wildman–Crippen LogP) is -0.303. The third-order valence-corrected chi connectivity index (χ3v) is 4.44. The largest absolute Gasteiger partial charge is 0.506 e. The molecule has 1 fully saturated rings. The van der Waals surface area contributed by atoms with Crippen molar-refractivity contribution in [2.75, 3.05) is 23.2 Å². The number of aromatic nitrogens is 2. The zero-order valence-electron chi connectivity index (χ0n) is 11.2. The van der Waals surface area contributed by atoms with Crippen molar-refractivity contribution in [3.63, 3.8) is 0 Å². The zero-order valence-corrected chi connectivity index (χ0v) is 12.0. The lowest BCUT2D eigenvalue weighted by molar-refractivity contribution is -0.117. The van der Waals surface area contributed by atoms with Crippen LogP contribution in [0, 0.1) is 5.82 Å². The first-order chi connectivity index (χ1) is 10.3. The minimum absolute atomic E-state index is 0.0497. The molecule has 0 saturated carbocycles.